The molecule has 1 aliphatic rings. The van der Waals surface area contributed by atoms with Gasteiger partial charge in [0.05, 0.1) is 24.9 Å². The van der Waals surface area contributed by atoms with E-state index in [9.17, 15) is 9.90 Å². The number of nitrogens with zero attached hydrogens (tertiary/aromatic N) is 1. The van der Waals surface area contributed by atoms with Crippen LogP contribution in [0.25, 0.3) is 0 Å². The van der Waals surface area contributed by atoms with Gasteiger partial charge in [-0.3, -0.25) is 4.79 Å². The Bertz CT molecular complexity index is 512. The zero-order valence-electron chi connectivity index (χ0n) is 12.2. The number of rotatable bonds is 5. The molecule has 0 fully saturated rings. The van der Waals surface area contributed by atoms with Crippen LogP contribution in [0, 0.1) is 0 Å². The molecule has 2 rings (SSSR count). The van der Waals surface area contributed by atoms with E-state index >= 15 is 0 Å². The summed E-state index contributed by atoms with van der Waals surface area (Å²) >= 11 is 0. The van der Waals surface area contributed by atoms with E-state index in [0.29, 0.717) is 13.2 Å². The molecule has 0 saturated heterocycles. The maximum absolute atomic E-state index is 11.7. The minimum absolute atomic E-state index is 0.0847. The number of amides is 1. The maximum atomic E-state index is 11.7. The highest BCUT2D eigenvalue weighted by Gasteiger charge is 2.35. The molecule has 1 aromatic rings. The van der Waals surface area contributed by atoms with Crippen LogP contribution in [0.5, 0.6) is 0 Å². The number of carbonyl (C=O) groups excluding carboxylic acids is 1. The van der Waals surface area contributed by atoms with E-state index in [0.717, 1.165) is 5.56 Å². The van der Waals surface area contributed by atoms with E-state index in [1.807, 2.05) is 42.5 Å². The molecule has 1 aliphatic heterocycles. The number of ether oxygens (including phenoxy) is 1. The summed E-state index contributed by atoms with van der Waals surface area (Å²) in [5.74, 6) is -0.0847. The molecule has 0 spiro atoms. The molecule has 4 nitrogen and oxygen atoms in total. The van der Waals surface area contributed by atoms with Crippen LogP contribution in [0.15, 0.2) is 55.1 Å². The Labute approximate surface area is 125 Å². The zero-order chi connectivity index (χ0) is 15.2. The van der Waals surface area contributed by atoms with Gasteiger partial charge < -0.3 is 14.7 Å². The van der Waals surface area contributed by atoms with Crippen molar-refractivity contribution in [3.63, 3.8) is 0 Å². The summed E-state index contributed by atoms with van der Waals surface area (Å²) in [5, 5.41) is 10.1. The smallest absolute Gasteiger partial charge is 0.220 e. The van der Waals surface area contributed by atoms with Crippen LogP contribution in [0.1, 0.15) is 12.5 Å². The molecule has 0 aromatic heterocycles. The highest BCUT2D eigenvalue weighted by molar-refractivity contribution is 5.74. The third kappa shape index (κ3) is 3.80. The fourth-order valence-electron chi connectivity index (χ4n) is 2.50. The van der Waals surface area contributed by atoms with Crippen molar-refractivity contribution in [3.8, 4) is 0 Å². The average Bonchev–Trinajstić information content (AvgIpc) is 2.52. The molecule has 1 N–H and O–H groups in total. The third-order valence-corrected chi connectivity index (χ3v) is 3.61. The SMILES string of the molecule is C=C[C@@H](O)[C@H]1[C@H](OCc2ccccc2)C=CCN1C(C)=O. The van der Waals surface area contributed by atoms with Gasteiger partial charge in [-0.15, -0.1) is 6.58 Å². The molecule has 0 radical (unpaired) electrons. The summed E-state index contributed by atoms with van der Waals surface area (Å²) in [5.41, 5.74) is 1.05. The fourth-order valence-corrected chi connectivity index (χ4v) is 2.50. The summed E-state index contributed by atoms with van der Waals surface area (Å²) in [7, 11) is 0. The first-order chi connectivity index (χ1) is 10.1. The lowest BCUT2D eigenvalue weighted by atomic mass is 9.98. The molecule has 0 unspecified atom stereocenters. The monoisotopic (exact) mass is 287 g/mol. The molecule has 0 aliphatic carbocycles. The molecule has 1 aromatic carbocycles. The molecule has 0 saturated carbocycles. The topological polar surface area (TPSA) is 49.8 Å². The number of benzene rings is 1. The first kappa shape index (κ1) is 15.5. The van der Waals surface area contributed by atoms with Crippen molar-refractivity contribution < 1.29 is 14.6 Å². The Hall–Kier alpha value is -1.91. The molecule has 3 atom stereocenters. The van der Waals surface area contributed by atoms with Gasteiger partial charge in [-0.25, -0.2) is 0 Å². The first-order valence-electron chi connectivity index (χ1n) is 7.03. The van der Waals surface area contributed by atoms with Gasteiger partial charge in [0.2, 0.25) is 5.91 Å². The van der Waals surface area contributed by atoms with Crippen molar-refractivity contribution in [1.29, 1.82) is 0 Å². The van der Waals surface area contributed by atoms with E-state index in [-0.39, 0.29) is 12.0 Å². The third-order valence-electron chi connectivity index (χ3n) is 3.61. The molecule has 1 amide bonds. The van der Waals surface area contributed by atoms with Gasteiger partial charge in [0, 0.05) is 13.5 Å². The van der Waals surface area contributed by atoms with Crippen molar-refractivity contribution >= 4 is 5.91 Å². The van der Waals surface area contributed by atoms with Crippen LogP contribution in [0.3, 0.4) is 0 Å². The minimum atomic E-state index is -0.820. The summed E-state index contributed by atoms with van der Waals surface area (Å²) in [6.45, 7) is 6.03. The van der Waals surface area contributed by atoms with Crippen LogP contribution in [0.2, 0.25) is 0 Å². The standard InChI is InChI=1S/C17H21NO3/c1-3-15(20)17-16(10-7-11-18(17)13(2)19)21-12-14-8-5-4-6-9-14/h3-10,15-17,20H,1,11-12H2,2H3/t15-,16-,17+/m1/s1. The number of hydrogen-bond acceptors (Lipinski definition) is 3. The quantitative estimate of drug-likeness (QED) is 0.842. The normalized spacial score (nSPS) is 22.9. The van der Waals surface area contributed by atoms with Crippen LogP contribution in [0.4, 0.5) is 0 Å². The van der Waals surface area contributed by atoms with E-state index in [2.05, 4.69) is 6.58 Å². The summed E-state index contributed by atoms with van der Waals surface area (Å²) < 4.78 is 5.90. The summed E-state index contributed by atoms with van der Waals surface area (Å²) in [4.78, 5) is 13.4. The van der Waals surface area contributed by atoms with Gasteiger partial charge in [0.1, 0.15) is 0 Å². The zero-order valence-corrected chi connectivity index (χ0v) is 12.2. The number of aliphatic hydroxyl groups is 1. The van der Waals surface area contributed by atoms with Gasteiger partial charge in [0.15, 0.2) is 0 Å². The van der Waals surface area contributed by atoms with Crippen molar-refractivity contribution in [2.45, 2.75) is 31.8 Å². The van der Waals surface area contributed by atoms with Gasteiger partial charge in [-0.1, -0.05) is 48.6 Å². The average molecular weight is 287 g/mol. The Kier molecular flexibility index (Phi) is 5.31. The van der Waals surface area contributed by atoms with E-state index in [1.165, 1.54) is 13.0 Å². The predicted molar refractivity (Wildman–Crippen MR) is 81.5 cm³/mol. The second-order valence-corrected chi connectivity index (χ2v) is 5.08. The highest BCUT2D eigenvalue weighted by Crippen LogP contribution is 2.20. The molecular formula is C17H21NO3. The Morgan fingerprint density at radius 2 is 2.24 bits per heavy atom. The molecular weight excluding hydrogens is 266 g/mol. The first-order valence-corrected chi connectivity index (χ1v) is 7.03. The van der Waals surface area contributed by atoms with Gasteiger partial charge >= 0.3 is 0 Å². The van der Waals surface area contributed by atoms with Crippen molar-refractivity contribution in [2.24, 2.45) is 0 Å². The van der Waals surface area contributed by atoms with Crippen LogP contribution >= 0.6 is 0 Å². The Morgan fingerprint density at radius 3 is 2.86 bits per heavy atom. The number of hydrogen-bond donors (Lipinski definition) is 1. The second-order valence-electron chi connectivity index (χ2n) is 5.08. The Balaban J connectivity index is 2.11. The summed E-state index contributed by atoms with van der Waals surface area (Å²) in [6, 6.07) is 9.38. The van der Waals surface area contributed by atoms with Crippen molar-refractivity contribution in [3.05, 3.63) is 60.7 Å². The maximum Gasteiger partial charge on any atom is 0.220 e. The van der Waals surface area contributed by atoms with E-state index in [4.69, 9.17) is 4.74 Å². The van der Waals surface area contributed by atoms with Crippen molar-refractivity contribution in [1.82, 2.24) is 4.90 Å². The molecule has 112 valence electrons. The van der Waals surface area contributed by atoms with Crippen LogP contribution in [-0.2, 0) is 16.1 Å². The van der Waals surface area contributed by atoms with Crippen LogP contribution in [-0.4, -0.2) is 40.7 Å². The fraction of sp³-hybridized carbons (Fsp3) is 0.353. The Morgan fingerprint density at radius 1 is 1.52 bits per heavy atom. The van der Waals surface area contributed by atoms with Gasteiger partial charge in [-0.2, -0.15) is 0 Å². The number of aliphatic hydroxyl groups excluding tert-OH is 1. The lowest BCUT2D eigenvalue weighted by Crippen LogP contribution is -2.54. The van der Waals surface area contributed by atoms with Gasteiger partial charge in [0.25, 0.3) is 0 Å². The lowest BCUT2D eigenvalue weighted by molar-refractivity contribution is -0.137. The largest absolute Gasteiger partial charge is 0.387 e. The molecule has 4 heteroatoms. The highest BCUT2D eigenvalue weighted by atomic mass is 16.5. The molecule has 21 heavy (non-hydrogen) atoms. The van der Waals surface area contributed by atoms with Gasteiger partial charge in [-0.05, 0) is 5.56 Å². The summed E-state index contributed by atoms with van der Waals surface area (Å²) in [6.07, 6.45) is 4.07. The molecule has 1 heterocycles. The second kappa shape index (κ2) is 7.20. The van der Waals surface area contributed by atoms with E-state index < -0.39 is 12.1 Å². The minimum Gasteiger partial charge on any atom is -0.387 e. The lowest BCUT2D eigenvalue weighted by Gasteiger charge is -2.39. The van der Waals surface area contributed by atoms with Crippen molar-refractivity contribution in [2.75, 3.05) is 6.54 Å². The molecule has 0 bridgehead atoms. The number of carbonyl (C=O) groups is 1. The van der Waals surface area contributed by atoms with Crippen LogP contribution < -0.4 is 0 Å². The predicted octanol–water partition coefficient (Wildman–Crippen LogP) is 1.91. The van der Waals surface area contributed by atoms with E-state index in [1.54, 1.807) is 4.90 Å².